The van der Waals surface area contributed by atoms with Gasteiger partial charge in [0.25, 0.3) is 0 Å². The summed E-state index contributed by atoms with van der Waals surface area (Å²) in [6, 6.07) is 7.73. The highest BCUT2D eigenvalue weighted by atomic mass is 31.1. The molecule has 0 aliphatic rings. The van der Waals surface area contributed by atoms with Gasteiger partial charge in [-0.25, -0.2) is 4.39 Å². The number of anilines is 1. The first-order chi connectivity index (χ1) is 6.39. The van der Waals surface area contributed by atoms with Crippen molar-refractivity contribution in [3.8, 4) is 0 Å². The van der Waals surface area contributed by atoms with Crippen LogP contribution in [0.1, 0.15) is 19.4 Å². The second kappa shape index (κ2) is 4.55. The molecule has 1 rings (SSSR count). The van der Waals surface area contributed by atoms with Crippen molar-refractivity contribution in [3.05, 3.63) is 29.8 Å². The molecule has 78 valence electrons. The maximum atomic E-state index is 13.5. The van der Waals surface area contributed by atoms with Gasteiger partial charge in [-0.05, 0) is 31.5 Å². The van der Waals surface area contributed by atoms with Gasteiger partial charge < -0.3 is 5.32 Å². The van der Waals surface area contributed by atoms with Crippen molar-refractivity contribution in [1.82, 2.24) is 0 Å². The predicted octanol–water partition coefficient (Wildman–Crippen LogP) is 3.34. The van der Waals surface area contributed by atoms with Crippen molar-refractivity contribution in [2.75, 3.05) is 5.32 Å². The van der Waals surface area contributed by atoms with Gasteiger partial charge in [0.2, 0.25) is 0 Å². The molecule has 0 saturated carbocycles. The van der Waals surface area contributed by atoms with E-state index >= 15 is 0 Å². The van der Waals surface area contributed by atoms with E-state index in [4.69, 9.17) is 0 Å². The Hall–Kier alpha value is -0.190. The summed E-state index contributed by atoms with van der Waals surface area (Å²) < 4.78 is 13.5. The van der Waals surface area contributed by atoms with Crippen LogP contribution < -0.4 is 5.32 Å². The summed E-state index contributed by atoms with van der Waals surface area (Å²) in [7, 11) is 4.33. The molecule has 0 fully saturated rings. The lowest BCUT2D eigenvalue weighted by Gasteiger charge is -2.17. The van der Waals surface area contributed by atoms with Crippen LogP contribution in [0.15, 0.2) is 24.3 Å². The quantitative estimate of drug-likeness (QED) is 0.787. The average Bonchev–Trinajstić information content (AvgIpc) is 2.01. The van der Waals surface area contributed by atoms with E-state index in [1.54, 1.807) is 6.07 Å². The lowest BCUT2D eigenvalue weighted by atomic mass is 10.2. The Bertz CT molecular complexity index is 307. The Morgan fingerprint density at radius 2 is 2.00 bits per heavy atom. The van der Waals surface area contributed by atoms with Gasteiger partial charge in [0.15, 0.2) is 5.15 Å². The normalized spacial score (nSPS) is 11.9. The highest BCUT2D eigenvalue weighted by Gasteiger charge is 2.18. The average molecular weight is 231 g/mol. The highest BCUT2D eigenvalue weighted by molar-refractivity contribution is 7.38. The number of alkyl halides is 1. The molecule has 0 aliphatic heterocycles. The molecule has 2 unspecified atom stereocenters. The van der Waals surface area contributed by atoms with Gasteiger partial charge in [0, 0.05) is 11.7 Å². The molecule has 0 bridgehead atoms. The summed E-state index contributed by atoms with van der Waals surface area (Å²) in [5, 5.41) is 1.80. The largest absolute Gasteiger partial charge is 0.383 e. The first-order valence-corrected chi connectivity index (χ1v) is 5.69. The molecule has 4 heteroatoms. The molecule has 0 aromatic heterocycles. The van der Waals surface area contributed by atoms with Crippen molar-refractivity contribution in [2.45, 2.75) is 25.0 Å². The van der Waals surface area contributed by atoms with Gasteiger partial charge >= 0.3 is 0 Å². The Morgan fingerprint density at radius 3 is 2.50 bits per heavy atom. The molecular weight excluding hydrogens is 215 g/mol. The topological polar surface area (TPSA) is 12.0 Å². The third kappa shape index (κ3) is 3.52. The maximum absolute atomic E-state index is 13.5. The summed E-state index contributed by atoms with van der Waals surface area (Å²) in [5.41, 5.74) is 1.59. The number of nitrogens with one attached hydrogen (secondary N) is 1. The second-order valence-electron chi connectivity index (χ2n) is 3.65. The predicted molar refractivity (Wildman–Crippen MR) is 67.4 cm³/mol. The van der Waals surface area contributed by atoms with Gasteiger partial charge in [0.05, 0.1) is 0 Å². The van der Waals surface area contributed by atoms with Crippen molar-refractivity contribution < 1.29 is 4.39 Å². The monoisotopic (exact) mass is 231 g/mol. The van der Waals surface area contributed by atoms with Crippen molar-refractivity contribution in [1.29, 1.82) is 0 Å². The minimum atomic E-state index is -1.44. The molecule has 1 nitrogen and oxygen atoms in total. The van der Waals surface area contributed by atoms with E-state index in [0.29, 0.717) is 11.6 Å². The molecule has 14 heavy (non-hydrogen) atoms. The van der Waals surface area contributed by atoms with Crippen LogP contribution in [0, 0.1) is 0 Å². The van der Waals surface area contributed by atoms with Gasteiger partial charge in [-0.3, -0.25) is 0 Å². The van der Waals surface area contributed by atoms with E-state index in [2.05, 4.69) is 37.6 Å². The first kappa shape index (κ1) is 11.9. The van der Waals surface area contributed by atoms with Crippen LogP contribution in [0.4, 0.5) is 10.1 Å². The molecule has 0 heterocycles. The van der Waals surface area contributed by atoms with E-state index in [9.17, 15) is 4.39 Å². The van der Waals surface area contributed by atoms with Gasteiger partial charge in [-0.15, -0.1) is 0 Å². The van der Waals surface area contributed by atoms with Crippen LogP contribution >= 0.6 is 18.5 Å². The van der Waals surface area contributed by atoms with Crippen LogP contribution in [0.5, 0.6) is 0 Å². The Labute approximate surface area is 89.3 Å². The third-order valence-corrected chi connectivity index (χ3v) is 2.43. The molecule has 0 radical (unpaired) electrons. The number of hydrogen-bond donors (Lipinski definition) is 1. The second-order valence-corrected chi connectivity index (χ2v) is 6.00. The number of rotatable bonds is 3. The van der Waals surface area contributed by atoms with Crippen LogP contribution in [-0.2, 0) is 5.15 Å². The number of benzene rings is 1. The number of hydrogen-bond acceptors (Lipinski definition) is 1. The van der Waals surface area contributed by atoms with E-state index in [-0.39, 0.29) is 0 Å². The van der Waals surface area contributed by atoms with Crippen molar-refractivity contribution in [2.24, 2.45) is 0 Å². The number of halogens is 1. The molecule has 0 aliphatic carbocycles. The van der Waals surface area contributed by atoms with Crippen molar-refractivity contribution >= 4 is 24.2 Å². The van der Waals surface area contributed by atoms with Gasteiger partial charge in [-0.2, -0.15) is 0 Å². The zero-order chi connectivity index (χ0) is 10.8. The fourth-order valence-electron chi connectivity index (χ4n) is 1.18. The summed E-state index contributed by atoms with van der Waals surface area (Å²) in [6.45, 7) is 4.10. The van der Waals surface area contributed by atoms with E-state index in [0.717, 1.165) is 5.69 Å². The standard InChI is InChI=1S/C10H16FNP2/c1-7(2)12-9-5-3-4-8(6-9)10(11,13)14/h3-7,12H,13-14H2,1-2H3. The first-order valence-electron chi connectivity index (χ1n) is 4.53. The van der Waals surface area contributed by atoms with E-state index < -0.39 is 5.15 Å². The smallest absolute Gasteiger partial charge is 0.160 e. The lowest BCUT2D eigenvalue weighted by Crippen LogP contribution is -2.10. The van der Waals surface area contributed by atoms with Crippen molar-refractivity contribution in [3.63, 3.8) is 0 Å². The summed E-state index contributed by atoms with van der Waals surface area (Å²) in [6.07, 6.45) is 0. The molecule has 1 aromatic carbocycles. The van der Waals surface area contributed by atoms with Gasteiger partial charge in [0.1, 0.15) is 0 Å². The Balaban J connectivity index is 2.90. The minimum Gasteiger partial charge on any atom is -0.383 e. The van der Waals surface area contributed by atoms with Crippen LogP contribution in [0.2, 0.25) is 0 Å². The SMILES string of the molecule is CC(C)Nc1cccc(C(F)(P)P)c1. The van der Waals surface area contributed by atoms with Crippen LogP contribution in [-0.4, -0.2) is 6.04 Å². The Morgan fingerprint density at radius 1 is 1.36 bits per heavy atom. The Kier molecular flexibility index (Phi) is 3.86. The molecule has 0 amide bonds. The fourth-order valence-corrected chi connectivity index (χ4v) is 1.54. The summed E-state index contributed by atoms with van der Waals surface area (Å²) in [5.74, 6) is 0. The molecule has 0 saturated heterocycles. The van der Waals surface area contributed by atoms with E-state index in [1.807, 2.05) is 18.2 Å². The van der Waals surface area contributed by atoms with E-state index in [1.165, 1.54) is 0 Å². The molecule has 0 spiro atoms. The molecule has 2 atom stereocenters. The lowest BCUT2D eigenvalue weighted by molar-refractivity contribution is 0.423. The third-order valence-electron chi connectivity index (χ3n) is 1.76. The molecule has 1 aromatic rings. The molecular formula is C10H16FNP2. The summed E-state index contributed by atoms with van der Waals surface area (Å²) >= 11 is 0. The minimum absolute atomic E-state index is 0.355. The maximum Gasteiger partial charge on any atom is 0.160 e. The zero-order valence-corrected chi connectivity index (χ0v) is 10.7. The highest BCUT2D eigenvalue weighted by Crippen LogP contribution is 2.40. The van der Waals surface area contributed by atoms with Crippen LogP contribution in [0.3, 0.4) is 0 Å². The van der Waals surface area contributed by atoms with Gasteiger partial charge in [-0.1, -0.05) is 30.6 Å². The molecule has 1 N–H and O–H groups in total. The van der Waals surface area contributed by atoms with Crippen LogP contribution in [0.25, 0.3) is 0 Å². The fraction of sp³-hybridized carbons (Fsp3) is 0.400. The zero-order valence-electron chi connectivity index (χ0n) is 8.42. The summed E-state index contributed by atoms with van der Waals surface area (Å²) in [4.78, 5) is 0.